The van der Waals surface area contributed by atoms with E-state index >= 15 is 0 Å². The van der Waals surface area contributed by atoms with Gasteiger partial charge in [-0.2, -0.15) is 0 Å². The standard InChI is InChI=1S/C18H34N6S.HI/c1-4-16-14-21-17(25-16)15-22-18(19-5-2)20-8-6-10-24-11-7-9-23(3)12-13-24;/h14H,4-13,15H2,1-3H3,(H2,19,20,22);1H. The second-order valence-electron chi connectivity index (χ2n) is 6.55. The number of nitrogens with zero attached hydrogens (tertiary/aromatic N) is 4. The van der Waals surface area contributed by atoms with Gasteiger partial charge in [0.05, 0.1) is 6.54 Å². The van der Waals surface area contributed by atoms with Crippen molar-refractivity contribution >= 4 is 41.3 Å². The van der Waals surface area contributed by atoms with Gasteiger partial charge in [0.1, 0.15) is 5.01 Å². The summed E-state index contributed by atoms with van der Waals surface area (Å²) in [7, 11) is 2.22. The van der Waals surface area contributed by atoms with E-state index in [1.54, 1.807) is 11.3 Å². The molecule has 0 saturated carbocycles. The molecular formula is C18H35IN6S. The number of halogens is 1. The van der Waals surface area contributed by atoms with Crippen molar-refractivity contribution in [2.24, 2.45) is 4.99 Å². The fourth-order valence-electron chi connectivity index (χ4n) is 2.91. The summed E-state index contributed by atoms with van der Waals surface area (Å²) in [6.07, 6.45) is 5.44. The molecule has 0 aliphatic carbocycles. The van der Waals surface area contributed by atoms with Gasteiger partial charge in [-0.25, -0.2) is 9.98 Å². The van der Waals surface area contributed by atoms with E-state index in [9.17, 15) is 0 Å². The monoisotopic (exact) mass is 494 g/mol. The molecule has 0 atom stereocenters. The van der Waals surface area contributed by atoms with Crippen molar-refractivity contribution < 1.29 is 0 Å². The number of rotatable bonds is 8. The minimum Gasteiger partial charge on any atom is -0.357 e. The summed E-state index contributed by atoms with van der Waals surface area (Å²) in [5.74, 6) is 0.895. The molecule has 1 aromatic heterocycles. The van der Waals surface area contributed by atoms with Gasteiger partial charge in [-0.15, -0.1) is 35.3 Å². The second-order valence-corrected chi connectivity index (χ2v) is 7.75. The Balaban J connectivity index is 0.00000338. The van der Waals surface area contributed by atoms with Crippen LogP contribution < -0.4 is 10.6 Å². The van der Waals surface area contributed by atoms with Crippen molar-refractivity contribution in [2.75, 3.05) is 52.9 Å². The number of aliphatic imine (C=N–C) groups is 1. The number of hydrogen-bond donors (Lipinski definition) is 2. The minimum absolute atomic E-state index is 0. The zero-order valence-corrected chi connectivity index (χ0v) is 19.6. The highest BCUT2D eigenvalue weighted by Crippen LogP contribution is 2.13. The van der Waals surface area contributed by atoms with Gasteiger partial charge in [0.2, 0.25) is 0 Å². The minimum atomic E-state index is 0. The van der Waals surface area contributed by atoms with Crippen LogP contribution in [0.4, 0.5) is 0 Å². The molecule has 1 aromatic rings. The molecule has 0 amide bonds. The summed E-state index contributed by atoms with van der Waals surface area (Å²) < 4.78 is 0. The number of thiazole rings is 1. The molecule has 150 valence electrons. The lowest BCUT2D eigenvalue weighted by Gasteiger charge is -2.20. The van der Waals surface area contributed by atoms with Gasteiger partial charge in [0.15, 0.2) is 5.96 Å². The summed E-state index contributed by atoms with van der Waals surface area (Å²) in [5.41, 5.74) is 0. The Morgan fingerprint density at radius 2 is 2.08 bits per heavy atom. The van der Waals surface area contributed by atoms with Gasteiger partial charge in [-0.1, -0.05) is 6.92 Å². The number of hydrogen-bond acceptors (Lipinski definition) is 5. The Morgan fingerprint density at radius 1 is 1.23 bits per heavy atom. The molecule has 1 aliphatic heterocycles. The SMILES string of the molecule is CCNC(=NCc1ncc(CC)s1)NCCCN1CCCN(C)CC1.I. The molecule has 0 radical (unpaired) electrons. The molecule has 2 rings (SSSR count). The van der Waals surface area contributed by atoms with E-state index in [0.717, 1.165) is 43.4 Å². The van der Waals surface area contributed by atoms with E-state index in [1.807, 2.05) is 6.20 Å². The van der Waals surface area contributed by atoms with Crippen LogP contribution in [-0.4, -0.2) is 73.6 Å². The van der Waals surface area contributed by atoms with E-state index in [0.29, 0.717) is 6.54 Å². The molecule has 1 saturated heterocycles. The van der Waals surface area contributed by atoms with E-state index in [1.165, 1.54) is 37.5 Å². The van der Waals surface area contributed by atoms with E-state index < -0.39 is 0 Å². The van der Waals surface area contributed by atoms with Crippen molar-refractivity contribution in [1.29, 1.82) is 0 Å². The fraction of sp³-hybridized carbons (Fsp3) is 0.778. The van der Waals surface area contributed by atoms with Crippen LogP contribution in [0.25, 0.3) is 0 Å². The van der Waals surface area contributed by atoms with Gasteiger partial charge in [-0.3, -0.25) is 0 Å². The predicted molar refractivity (Wildman–Crippen MR) is 123 cm³/mol. The van der Waals surface area contributed by atoms with Crippen LogP contribution in [-0.2, 0) is 13.0 Å². The summed E-state index contributed by atoms with van der Waals surface area (Å²) in [4.78, 5) is 15.4. The van der Waals surface area contributed by atoms with Gasteiger partial charge in [0.25, 0.3) is 0 Å². The third-order valence-electron chi connectivity index (χ3n) is 4.42. The first-order valence-corrected chi connectivity index (χ1v) is 10.4. The smallest absolute Gasteiger partial charge is 0.191 e. The molecule has 1 fully saturated rings. The first-order chi connectivity index (χ1) is 12.2. The largest absolute Gasteiger partial charge is 0.357 e. The summed E-state index contributed by atoms with van der Waals surface area (Å²) in [5, 5.41) is 7.86. The molecule has 1 aliphatic rings. The highest BCUT2D eigenvalue weighted by atomic mass is 127. The maximum Gasteiger partial charge on any atom is 0.191 e. The summed E-state index contributed by atoms with van der Waals surface area (Å²) in [6, 6.07) is 0. The Bertz CT molecular complexity index is 522. The van der Waals surface area contributed by atoms with Crippen LogP contribution in [0.5, 0.6) is 0 Å². The number of guanidine groups is 1. The molecule has 0 aromatic carbocycles. The highest BCUT2D eigenvalue weighted by molar-refractivity contribution is 14.0. The molecule has 6 nitrogen and oxygen atoms in total. The van der Waals surface area contributed by atoms with Crippen molar-refractivity contribution in [3.63, 3.8) is 0 Å². The van der Waals surface area contributed by atoms with E-state index in [2.05, 4.69) is 51.3 Å². The van der Waals surface area contributed by atoms with Gasteiger partial charge in [-0.05, 0) is 52.9 Å². The highest BCUT2D eigenvalue weighted by Gasteiger charge is 2.11. The normalized spacial score (nSPS) is 16.8. The van der Waals surface area contributed by atoms with Crippen LogP contribution in [0.2, 0.25) is 0 Å². The van der Waals surface area contributed by atoms with Crippen molar-refractivity contribution in [1.82, 2.24) is 25.4 Å². The van der Waals surface area contributed by atoms with Crippen molar-refractivity contribution in [3.05, 3.63) is 16.1 Å². The maximum absolute atomic E-state index is 4.66. The molecule has 2 heterocycles. The molecule has 0 spiro atoms. The van der Waals surface area contributed by atoms with Gasteiger partial charge < -0.3 is 20.4 Å². The Kier molecular flexibility index (Phi) is 12.4. The first kappa shape index (κ1) is 23.6. The first-order valence-electron chi connectivity index (χ1n) is 9.58. The lowest BCUT2D eigenvalue weighted by Crippen LogP contribution is -2.39. The van der Waals surface area contributed by atoms with Crippen molar-refractivity contribution in [3.8, 4) is 0 Å². The zero-order chi connectivity index (χ0) is 17.9. The molecule has 0 unspecified atom stereocenters. The molecule has 0 bridgehead atoms. The quantitative estimate of drug-likeness (QED) is 0.252. The number of aromatic nitrogens is 1. The average Bonchev–Trinajstić information content (AvgIpc) is 2.98. The van der Waals surface area contributed by atoms with Crippen LogP contribution in [0, 0.1) is 0 Å². The lowest BCUT2D eigenvalue weighted by molar-refractivity contribution is 0.274. The number of nitrogens with one attached hydrogen (secondary N) is 2. The third kappa shape index (κ3) is 8.96. The molecule has 2 N–H and O–H groups in total. The fourth-order valence-corrected chi connectivity index (χ4v) is 3.69. The number of aryl methyl sites for hydroxylation is 1. The summed E-state index contributed by atoms with van der Waals surface area (Å²) >= 11 is 1.76. The molecule has 26 heavy (non-hydrogen) atoms. The van der Waals surface area contributed by atoms with Crippen LogP contribution in [0.15, 0.2) is 11.2 Å². The summed E-state index contributed by atoms with van der Waals surface area (Å²) in [6.45, 7) is 12.7. The van der Waals surface area contributed by atoms with Crippen LogP contribution in [0.1, 0.15) is 36.6 Å². The number of likely N-dealkylation sites (N-methyl/N-ethyl adjacent to an activating group) is 1. The predicted octanol–water partition coefficient (Wildman–Crippen LogP) is 2.41. The third-order valence-corrected chi connectivity index (χ3v) is 5.55. The average molecular weight is 494 g/mol. The Morgan fingerprint density at radius 3 is 2.81 bits per heavy atom. The van der Waals surface area contributed by atoms with Crippen LogP contribution in [0.3, 0.4) is 0 Å². The van der Waals surface area contributed by atoms with Gasteiger partial charge >= 0.3 is 0 Å². The zero-order valence-electron chi connectivity index (χ0n) is 16.5. The van der Waals surface area contributed by atoms with Crippen LogP contribution >= 0.6 is 35.3 Å². The van der Waals surface area contributed by atoms with Gasteiger partial charge in [0, 0.05) is 37.3 Å². The Hall–Kier alpha value is -0.450. The lowest BCUT2D eigenvalue weighted by atomic mass is 10.3. The molecule has 8 heteroatoms. The topological polar surface area (TPSA) is 55.8 Å². The maximum atomic E-state index is 4.66. The Labute approximate surface area is 179 Å². The second kappa shape index (κ2) is 13.7. The van der Waals surface area contributed by atoms with E-state index in [-0.39, 0.29) is 24.0 Å². The molecular weight excluding hydrogens is 459 g/mol. The van der Waals surface area contributed by atoms with Crippen molar-refractivity contribution in [2.45, 2.75) is 39.7 Å². The van der Waals surface area contributed by atoms with E-state index in [4.69, 9.17) is 0 Å².